The van der Waals surface area contributed by atoms with Crippen molar-refractivity contribution in [3.63, 3.8) is 0 Å². The third kappa shape index (κ3) is 1.22. The number of pyridine rings is 1. The maximum Gasteiger partial charge on any atom is 0.155 e. The Bertz CT molecular complexity index is 445. The van der Waals surface area contributed by atoms with Gasteiger partial charge in [-0.05, 0) is 41.8 Å². The lowest BCUT2D eigenvalue weighted by molar-refractivity contribution is 0.608. The Morgan fingerprint density at radius 2 is 2.07 bits per heavy atom. The summed E-state index contributed by atoms with van der Waals surface area (Å²) in [5, 5.41) is 0. The van der Waals surface area contributed by atoms with Gasteiger partial charge in [0.15, 0.2) is 5.82 Å². The van der Waals surface area contributed by atoms with E-state index in [9.17, 15) is 0 Å². The second kappa shape index (κ2) is 3.14. The zero-order chi connectivity index (χ0) is 10.5. The molecule has 3 rings (SSSR count). The highest BCUT2D eigenvalue weighted by Gasteiger charge is 2.43. The van der Waals surface area contributed by atoms with Crippen LogP contribution in [0.3, 0.4) is 0 Å². The predicted octanol–water partition coefficient (Wildman–Crippen LogP) is 3.76. The van der Waals surface area contributed by atoms with Gasteiger partial charge in [-0.3, -0.25) is 0 Å². The van der Waals surface area contributed by atoms with Crippen LogP contribution in [0.25, 0.3) is 0 Å². The monoisotopic (exact) mass is 264 g/mol. The number of hydrogen-bond donors (Lipinski definition) is 0. The fraction of sp³-hybridized carbons (Fsp3) is 0.500. The minimum Gasteiger partial charge on any atom is -0.237 e. The molecule has 2 aliphatic rings. The zero-order valence-corrected chi connectivity index (χ0v) is 10.3. The van der Waals surface area contributed by atoms with E-state index >= 15 is 0 Å². The first kappa shape index (κ1) is 9.52. The number of aromatic nitrogens is 1. The van der Waals surface area contributed by atoms with Crippen LogP contribution in [0.15, 0.2) is 21.7 Å². The van der Waals surface area contributed by atoms with Crippen LogP contribution in [0.4, 0.5) is 5.82 Å². The van der Waals surface area contributed by atoms with E-state index in [-0.39, 0.29) is 5.41 Å². The molecule has 0 saturated heterocycles. The second-order valence-corrected chi connectivity index (χ2v) is 5.43. The Balaban J connectivity index is 2.20. The van der Waals surface area contributed by atoms with Crippen molar-refractivity contribution in [1.29, 1.82) is 0 Å². The van der Waals surface area contributed by atoms with E-state index in [0.717, 1.165) is 10.3 Å². The van der Waals surface area contributed by atoms with Crippen molar-refractivity contribution in [1.82, 2.24) is 4.98 Å². The molecular formula is C12H13BrN2. The summed E-state index contributed by atoms with van der Waals surface area (Å²) < 4.78 is 1.07. The van der Waals surface area contributed by atoms with E-state index in [0.29, 0.717) is 0 Å². The molecule has 1 saturated carbocycles. The molecule has 0 unspecified atom stereocenters. The Morgan fingerprint density at radius 3 is 2.80 bits per heavy atom. The molecule has 15 heavy (non-hydrogen) atoms. The summed E-state index contributed by atoms with van der Waals surface area (Å²) in [6, 6.07) is 2.20. The first-order valence-corrected chi connectivity index (χ1v) is 6.23. The average molecular weight is 265 g/mol. The van der Waals surface area contributed by atoms with Crippen molar-refractivity contribution in [2.45, 2.75) is 38.0 Å². The maximum atomic E-state index is 4.61. The molecule has 1 spiro atoms. The summed E-state index contributed by atoms with van der Waals surface area (Å²) in [5.74, 6) is 0.942. The topological polar surface area (TPSA) is 25.2 Å². The van der Waals surface area contributed by atoms with Gasteiger partial charge in [0.05, 0.1) is 0 Å². The molecule has 1 aromatic heterocycles. The highest BCUT2D eigenvalue weighted by Crippen LogP contribution is 2.49. The summed E-state index contributed by atoms with van der Waals surface area (Å²) in [4.78, 5) is 9.01. The average Bonchev–Trinajstić information content (AvgIpc) is 2.78. The summed E-state index contributed by atoms with van der Waals surface area (Å²) in [7, 11) is 0. The molecule has 3 heteroatoms. The van der Waals surface area contributed by atoms with Crippen LogP contribution >= 0.6 is 15.9 Å². The van der Waals surface area contributed by atoms with Gasteiger partial charge in [0.1, 0.15) is 0 Å². The molecule has 1 aromatic rings. The Morgan fingerprint density at radius 1 is 1.33 bits per heavy atom. The molecule has 1 aliphatic carbocycles. The minimum absolute atomic E-state index is 0.228. The predicted molar refractivity (Wildman–Crippen MR) is 64.9 cm³/mol. The van der Waals surface area contributed by atoms with Gasteiger partial charge < -0.3 is 0 Å². The van der Waals surface area contributed by atoms with Crippen LogP contribution in [0.1, 0.15) is 38.2 Å². The Kier molecular flexibility index (Phi) is 2.00. The van der Waals surface area contributed by atoms with E-state index < -0.39 is 0 Å². The van der Waals surface area contributed by atoms with Gasteiger partial charge in [0, 0.05) is 27.4 Å². The lowest BCUT2D eigenvalue weighted by atomic mass is 9.77. The number of fused-ring (bicyclic) bond motifs is 2. The molecular weight excluding hydrogens is 252 g/mol. The third-order valence-corrected chi connectivity index (χ3v) is 4.21. The van der Waals surface area contributed by atoms with E-state index in [1.54, 1.807) is 0 Å². The van der Waals surface area contributed by atoms with Gasteiger partial charge in [-0.1, -0.05) is 12.8 Å². The molecule has 2 nitrogen and oxygen atoms in total. The number of nitrogens with zero attached hydrogens (tertiary/aromatic N) is 2. The van der Waals surface area contributed by atoms with Gasteiger partial charge in [-0.15, -0.1) is 0 Å². The van der Waals surface area contributed by atoms with Crippen molar-refractivity contribution in [2.24, 2.45) is 4.99 Å². The van der Waals surface area contributed by atoms with Gasteiger partial charge >= 0.3 is 0 Å². The lowest BCUT2D eigenvalue weighted by Gasteiger charge is -2.24. The fourth-order valence-electron chi connectivity index (χ4n) is 2.94. The van der Waals surface area contributed by atoms with Crippen LogP contribution in [0.5, 0.6) is 0 Å². The minimum atomic E-state index is 0.228. The number of halogens is 1. The highest BCUT2D eigenvalue weighted by molar-refractivity contribution is 9.10. The Hall–Kier alpha value is -0.700. The molecule has 0 N–H and O–H groups in total. The quantitative estimate of drug-likeness (QED) is 0.701. The number of rotatable bonds is 0. The molecule has 1 aliphatic heterocycles. The van der Waals surface area contributed by atoms with Crippen molar-refractivity contribution >= 4 is 27.5 Å². The van der Waals surface area contributed by atoms with Gasteiger partial charge in [-0.25, -0.2) is 9.98 Å². The first-order valence-electron chi connectivity index (χ1n) is 5.44. The number of aliphatic imine (C=N–C) groups is 1. The van der Waals surface area contributed by atoms with Crippen molar-refractivity contribution in [3.05, 3.63) is 22.3 Å². The summed E-state index contributed by atoms with van der Waals surface area (Å²) in [6.07, 6.45) is 6.96. The standard InChI is InChI=1S/C12H13BrN2/c1-8-12(4-2-3-5-12)10-6-9(13)7-14-11(10)15-8/h6-7H,2-5H2,1H3. The smallest absolute Gasteiger partial charge is 0.155 e. The molecule has 0 atom stereocenters. The van der Waals surface area contributed by atoms with Gasteiger partial charge in [0.25, 0.3) is 0 Å². The van der Waals surface area contributed by atoms with E-state index in [1.165, 1.54) is 37.0 Å². The molecule has 78 valence electrons. The fourth-order valence-corrected chi connectivity index (χ4v) is 3.28. The highest BCUT2D eigenvalue weighted by atomic mass is 79.9. The van der Waals surface area contributed by atoms with Crippen LogP contribution in [0.2, 0.25) is 0 Å². The van der Waals surface area contributed by atoms with Crippen molar-refractivity contribution < 1.29 is 0 Å². The van der Waals surface area contributed by atoms with Crippen LogP contribution in [0, 0.1) is 0 Å². The maximum absolute atomic E-state index is 4.61. The molecule has 0 bridgehead atoms. The largest absolute Gasteiger partial charge is 0.237 e. The van der Waals surface area contributed by atoms with Crippen LogP contribution in [-0.4, -0.2) is 10.7 Å². The molecule has 0 amide bonds. The molecule has 1 fully saturated rings. The lowest BCUT2D eigenvalue weighted by Crippen LogP contribution is -2.27. The molecule has 0 aromatic carbocycles. The summed E-state index contributed by atoms with van der Waals surface area (Å²) in [5.41, 5.74) is 2.83. The van der Waals surface area contributed by atoms with E-state index in [1.807, 2.05) is 6.20 Å². The van der Waals surface area contributed by atoms with E-state index in [4.69, 9.17) is 0 Å². The third-order valence-electron chi connectivity index (χ3n) is 3.77. The van der Waals surface area contributed by atoms with Gasteiger partial charge in [-0.2, -0.15) is 0 Å². The normalized spacial score (nSPS) is 21.9. The molecule has 0 radical (unpaired) electrons. The molecule has 2 heterocycles. The van der Waals surface area contributed by atoms with Crippen LogP contribution in [-0.2, 0) is 5.41 Å². The first-order chi connectivity index (χ1) is 7.22. The SMILES string of the molecule is CC1=Nc2ncc(Br)cc2C12CCCC2. The second-order valence-electron chi connectivity index (χ2n) is 4.51. The van der Waals surface area contributed by atoms with Crippen molar-refractivity contribution in [3.8, 4) is 0 Å². The van der Waals surface area contributed by atoms with E-state index in [2.05, 4.69) is 38.9 Å². The van der Waals surface area contributed by atoms with Crippen LogP contribution < -0.4 is 0 Å². The summed E-state index contributed by atoms with van der Waals surface area (Å²) >= 11 is 3.50. The number of hydrogen-bond acceptors (Lipinski definition) is 2. The van der Waals surface area contributed by atoms with Crippen molar-refractivity contribution in [2.75, 3.05) is 0 Å². The Labute approximate surface area is 98.0 Å². The summed E-state index contributed by atoms with van der Waals surface area (Å²) in [6.45, 7) is 2.15. The van der Waals surface area contributed by atoms with Gasteiger partial charge in [0.2, 0.25) is 0 Å². The zero-order valence-electron chi connectivity index (χ0n) is 8.76.